The molecule has 102 valence electrons. The van der Waals surface area contributed by atoms with Gasteiger partial charge in [-0.1, -0.05) is 23.2 Å². The Balaban J connectivity index is 2.27. The zero-order valence-electron chi connectivity index (χ0n) is 9.52. The van der Waals surface area contributed by atoms with Gasteiger partial charge < -0.3 is 5.73 Å². The number of nitrogens with zero attached hydrogens (tertiary/aromatic N) is 1. The predicted molar refractivity (Wildman–Crippen MR) is 73.5 cm³/mol. The summed E-state index contributed by atoms with van der Waals surface area (Å²) in [5, 5.41) is 6.47. The molecule has 0 saturated carbocycles. The monoisotopic (exact) mass is 320 g/mol. The van der Waals surface area contributed by atoms with Crippen LogP contribution in [0, 0.1) is 0 Å². The van der Waals surface area contributed by atoms with E-state index in [1.54, 1.807) is 6.07 Å². The average Bonchev–Trinajstić information content (AvgIpc) is 2.86. The highest BCUT2D eigenvalue weighted by atomic mass is 35.5. The van der Waals surface area contributed by atoms with Gasteiger partial charge in [-0.2, -0.15) is 5.10 Å². The first-order valence-corrected chi connectivity index (χ1v) is 7.37. The van der Waals surface area contributed by atoms with Gasteiger partial charge in [0.2, 0.25) is 10.0 Å². The summed E-state index contributed by atoms with van der Waals surface area (Å²) in [5.74, 6) is 0. The maximum atomic E-state index is 12.1. The number of sulfonamides is 1. The Morgan fingerprint density at radius 1 is 1.32 bits per heavy atom. The SMILES string of the molecule is Nc1c(Cl)ccc(S(=O)(=O)NCc2ccn[nH]2)c1Cl. The number of halogens is 2. The van der Waals surface area contributed by atoms with Crippen molar-refractivity contribution in [2.75, 3.05) is 5.73 Å². The molecule has 9 heteroatoms. The highest BCUT2D eigenvalue weighted by molar-refractivity contribution is 7.89. The molecule has 0 fully saturated rings. The van der Waals surface area contributed by atoms with Crippen LogP contribution in [0.25, 0.3) is 0 Å². The summed E-state index contributed by atoms with van der Waals surface area (Å²) in [6, 6.07) is 4.34. The van der Waals surface area contributed by atoms with Crippen molar-refractivity contribution < 1.29 is 8.42 Å². The minimum Gasteiger partial charge on any atom is -0.396 e. The lowest BCUT2D eigenvalue weighted by Gasteiger charge is -2.10. The smallest absolute Gasteiger partial charge is 0.242 e. The Morgan fingerprint density at radius 3 is 2.68 bits per heavy atom. The molecule has 0 aliphatic carbocycles. The first-order valence-electron chi connectivity index (χ1n) is 5.13. The summed E-state index contributed by atoms with van der Waals surface area (Å²) in [5.41, 5.74) is 6.26. The van der Waals surface area contributed by atoms with Gasteiger partial charge in [0.25, 0.3) is 0 Å². The van der Waals surface area contributed by atoms with E-state index < -0.39 is 10.0 Å². The summed E-state index contributed by atoms with van der Waals surface area (Å²) in [6.07, 6.45) is 1.52. The number of nitrogens with two attached hydrogens (primary N) is 1. The number of nitrogens with one attached hydrogen (secondary N) is 2. The second-order valence-electron chi connectivity index (χ2n) is 3.68. The van der Waals surface area contributed by atoms with Crippen LogP contribution in [-0.2, 0) is 16.6 Å². The van der Waals surface area contributed by atoms with E-state index in [-0.39, 0.29) is 27.2 Å². The fourth-order valence-electron chi connectivity index (χ4n) is 1.39. The standard InChI is InChI=1S/C10H10Cl2N4O2S/c11-7-1-2-8(9(12)10(7)13)19(17,18)15-5-6-3-4-14-16-6/h1-4,15H,5,13H2,(H,14,16). The van der Waals surface area contributed by atoms with Gasteiger partial charge in [0.05, 0.1) is 28.0 Å². The number of rotatable bonds is 4. The van der Waals surface area contributed by atoms with E-state index in [0.717, 1.165) is 0 Å². The van der Waals surface area contributed by atoms with Gasteiger partial charge in [-0.15, -0.1) is 0 Å². The van der Waals surface area contributed by atoms with Crippen molar-refractivity contribution in [3.8, 4) is 0 Å². The van der Waals surface area contributed by atoms with Crippen LogP contribution in [0.15, 0.2) is 29.3 Å². The molecule has 0 saturated heterocycles. The Labute approximate surface area is 120 Å². The van der Waals surface area contributed by atoms with E-state index >= 15 is 0 Å². The third-order valence-electron chi connectivity index (χ3n) is 2.39. The average molecular weight is 321 g/mol. The number of nitrogen functional groups attached to an aromatic ring is 1. The van der Waals surface area contributed by atoms with Gasteiger partial charge in [0.1, 0.15) is 4.90 Å². The van der Waals surface area contributed by atoms with E-state index in [0.29, 0.717) is 5.69 Å². The molecule has 1 aromatic carbocycles. The van der Waals surface area contributed by atoms with Crippen molar-refractivity contribution in [1.29, 1.82) is 0 Å². The zero-order chi connectivity index (χ0) is 14.0. The predicted octanol–water partition coefficient (Wildman–Crippen LogP) is 1.78. The van der Waals surface area contributed by atoms with Gasteiger partial charge in [-0.25, -0.2) is 13.1 Å². The molecule has 6 nitrogen and oxygen atoms in total. The number of hydrogen-bond donors (Lipinski definition) is 3. The molecule has 0 spiro atoms. The number of benzene rings is 1. The maximum Gasteiger partial charge on any atom is 0.242 e. The normalized spacial score (nSPS) is 11.7. The fraction of sp³-hybridized carbons (Fsp3) is 0.100. The van der Waals surface area contributed by atoms with Crippen molar-refractivity contribution in [3.05, 3.63) is 40.1 Å². The van der Waals surface area contributed by atoms with Crippen LogP contribution in [0.5, 0.6) is 0 Å². The zero-order valence-corrected chi connectivity index (χ0v) is 11.9. The highest BCUT2D eigenvalue weighted by Gasteiger charge is 2.20. The second kappa shape index (κ2) is 5.38. The van der Waals surface area contributed by atoms with E-state index in [1.165, 1.54) is 18.3 Å². The molecule has 0 radical (unpaired) electrons. The Morgan fingerprint density at radius 2 is 2.05 bits per heavy atom. The summed E-state index contributed by atoms with van der Waals surface area (Å²) in [7, 11) is -3.77. The van der Waals surface area contributed by atoms with Crippen molar-refractivity contribution in [2.24, 2.45) is 0 Å². The van der Waals surface area contributed by atoms with Gasteiger partial charge in [0, 0.05) is 6.20 Å². The molecule has 19 heavy (non-hydrogen) atoms. The van der Waals surface area contributed by atoms with Crippen LogP contribution in [0.2, 0.25) is 10.0 Å². The van der Waals surface area contributed by atoms with Crippen molar-refractivity contribution >= 4 is 38.9 Å². The van der Waals surface area contributed by atoms with E-state index in [2.05, 4.69) is 14.9 Å². The molecule has 2 aromatic rings. The lowest BCUT2D eigenvalue weighted by molar-refractivity contribution is 0.580. The van der Waals surface area contributed by atoms with Crippen LogP contribution in [0.4, 0.5) is 5.69 Å². The first kappa shape index (κ1) is 14.1. The number of aromatic amines is 1. The summed E-state index contributed by atoms with van der Waals surface area (Å²) < 4.78 is 26.5. The summed E-state index contributed by atoms with van der Waals surface area (Å²) in [6.45, 7) is 0.0706. The van der Waals surface area contributed by atoms with E-state index in [9.17, 15) is 8.42 Å². The molecule has 0 aliphatic rings. The van der Waals surface area contributed by atoms with Crippen molar-refractivity contribution in [3.63, 3.8) is 0 Å². The highest BCUT2D eigenvalue weighted by Crippen LogP contribution is 2.32. The molecule has 0 unspecified atom stereocenters. The molecule has 1 heterocycles. The molecule has 0 bridgehead atoms. The third-order valence-corrected chi connectivity index (χ3v) is 4.68. The lowest BCUT2D eigenvalue weighted by Crippen LogP contribution is -2.24. The number of hydrogen-bond acceptors (Lipinski definition) is 4. The van der Waals surface area contributed by atoms with Crippen LogP contribution in [-0.4, -0.2) is 18.6 Å². The molecular formula is C10H10Cl2N4O2S. The Hall–Kier alpha value is -1.28. The molecule has 0 atom stereocenters. The Kier molecular flexibility index (Phi) is 4.00. The number of aromatic nitrogens is 2. The third kappa shape index (κ3) is 3.01. The largest absolute Gasteiger partial charge is 0.396 e. The van der Waals surface area contributed by atoms with Crippen LogP contribution >= 0.6 is 23.2 Å². The minimum absolute atomic E-state index is 0.0350. The minimum atomic E-state index is -3.77. The fourth-order valence-corrected chi connectivity index (χ4v) is 3.16. The molecule has 1 aromatic heterocycles. The van der Waals surface area contributed by atoms with E-state index in [4.69, 9.17) is 28.9 Å². The van der Waals surface area contributed by atoms with Crippen molar-refractivity contribution in [1.82, 2.24) is 14.9 Å². The summed E-state index contributed by atoms with van der Waals surface area (Å²) in [4.78, 5) is -0.115. The van der Waals surface area contributed by atoms with Crippen LogP contribution in [0.3, 0.4) is 0 Å². The van der Waals surface area contributed by atoms with Gasteiger partial charge >= 0.3 is 0 Å². The lowest BCUT2D eigenvalue weighted by atomic mass is 10.3. The van der Waals surface area contributed by atoms with Gasteiger partial charge in [-0.3, -0.25) is 5.10 Å². The quantitative estimate of drug-likeness (QED) is 0.747. The summed E-state index contributed by atoms with van der Waals surface area (Å²) >= 11 is 11.7. The van der Waals surface area contributed by atoms with Gasteiger partial charge in [0.15, 0.2) is 0 Å². The van der Waals surface area contributed by atoms with Crippen molar-refractivity contribution in [2.45, 2.75) is 11.4 Å². The topological polar surface area (TPSA) is 101 Å². The molecule has 0 amide bonds. The molecule has 0 aliphatic heterocycles. The van der Waals surface area contributed by atoms with Crippen LogP contribution < -0.4 is 10.5 Å². The van der Waals surface area contributed by atoms with Gasteiger partial charge in [-0.05, 0) is 18.2 Å². The maximum absolute atomic E-state index is 12.1. The van der Waals surface area contributed by atoms with Crippen LogP contribution in [0.1, 0.15) is 5.69 Å². The second-order valence-corrected chi connectivity index (χ2v) is 6.20. The Bertz CT molecular complexity index is 686. The molecule has 4 N–H and O–H groups in total. The van der Waals surface area contributed by atoms with E-state index in [1.807, 2.05) is 0 Å². The molecule has 2 rings (SSSR count). The number of anilines is 1. The molecular weight excluding hydrogens is 311 g/mol. The number of H-pyrrole nitrogens is 1. The first-order chi connectivity index (χ1) is 8.92.